The Morgan fingerprint density at radius 1 is 1.30 bits per heavy atom. The molecule has 2 saturated heterocycles. The molecule has 4 N–H and O–H groups in total. The Balaban J connectivity index is 1.70. The van der Waals surface area contributed by atoms with Crippen molar-refractivity contribution in [3.05, 3.63) is 39.4 Å². The van der Waals surface area contributed by atoms with Crippen LogP contribution in [0.2, 0.25) is 10.0 Å². The third-order valence-electron chi connectivity index (χ3n) is 6.56. The van der Waals surface area contributed by atoms with E-state index in [1.807, 2.05) is 19.9 Å². The summed E-state index contributed by atoms with van der Waals surface area (Å²) in [7, 11) is 0. The second kappa shape index (κ2) is 7.96. The Hall–Kier alpha value is -1.93. The van der Waals surface area contributed by atoms with E-state index >= 15 is 0 Å². The SMILES string of the molecule is Cc1nc(N2CCC3(CC2)COC(C)C3N)n(C=N)c(=N)c1-c1cccc(Cl)c1Cl. The minimum absolute atomic E-state index is 0.00147. The van der Waals surface area contributed by atoms with Gasteiger partial charge in [0.2, 0.25) is 5.95 Å². The average Bonchev–Trinajstić information content (AvgIpc) is 3.00. The predicted octanol–water partition coefficient (Wildman–Crippen LogP) is 3.43. The quantitative estimate of drug-likeness (QED) is 0.493. The van der Waals surface area contributed by atoms with Gasteiger partial charge in [0, 0.05) is 35.7 Å². The summed E-state index contributed by atoms with van der Waals surface area (Å²) in [5.41, 5.74) is 8.48. The summed E-state index contributed by atoms with van der Waals surface area (Å²) < 4.78 is 7.31. The first-order valence-electron chi connectivity index (χ1n) is 10.0. The van der Waals surface area contributed by atoms with Gasteiger partial charge in [0.15, 0.2) is 0 Å². The summed E-state index contributed by atoms with van der Waals surface area (Å²) >= 11 is 12.6. The molecule has 1 spiro atoms. The molecule has 3 heterocycles. The van der Waals surface area contributed by atoms with Crippen LogP contribution in [-0.2, 0) is 4.74 Å². The van der Waals surface area contributed by atoms with E-state index in [9.17, 15) is 0 Å². The van der Waals surface area contributed by atoms with Crippen molar-refractivity contribution in [3.63, 3.8) is 0 Å². The highest BCUT2D eigenvalue weighted by Crippen LogP contribution is 2.42. The average molecular weight is 449 g/mol. The van der Waals surface area contributed by atoms with Gasteiger partial charge >= 0.3 is 0 Å². The van der Waals surface area contributed by atoms with Crippen LogP contribution in [0.3, 0.4) is 0 Å². The first-order valence-corrected chi connectivity index (χ1v) is 10.8. The van der Waals surface area contributed by atoms with Gasteiger partial charge in [0.05, 0.1) is 34.8 Å². The van der Waals surface area contributed by atoms with Gasteiger partial charge in [-0.3, -0.25) is 15.4 Å². The standard InChI is InChI=1S/C21H26Cl2N6O/c1-12-16(14-4-3-5-15(22)17(14)23)19(26)29(11-24)20(27-12)28-8-6-21(7-9-28)10-30-13(2)18(21)25/h3-5,11,13,18,24,26H,6-10,25H2,1-2H3. The number of nitrogens with two attached hydrogens (primary N) is 1. The van der Waals surface area contributed by atoms with Gasteiger partial charge in [-0.15, -0.1) is 0 Å². The Kier molecular flexibility index (Phi) is 5.66. The number of aryl methyl sites for hydroxylation is 1. The van der Waals surface area contributed by atoms with Gasteiger partial charge in [-0.05, 0) is 32.8 Å². The number of nitrogens with one attached hydrogen (secondary N) is 2. The topological polar surface area (TPSA) is 104 Å². The lowest BCUT2D eigenvalue weighted by Gasteiger charge is -2.41. The molecule has 2 unspecified atom stereocenters. The Bertz CT molecular complexity index is 1040. The molecule has 0 saturated carbocycles. The van der Waals surface area contributed by atoms with Crippen molar-refractivity contribution in [1.29, 1.82) is 10.8 Å². The van der Waals surface area contributed by atoms with Crippen molar-refractivity contribution in [3.8, 4) is 11.1 Å². The number of piperidine rings is 1. The number of ether oxygens (including phenoxy) is 1. The number of benzene rings is 1. The number of hydrogen-bond donors (Lipinski definition) is 3. The van der Waals surface area contributed by atoms with Gasteiger partial charge in [0.25, 0.3) is 0 Å². The van der Waals surface area contributed by atoms with Crippen LogP contribution >= 0.6 is 23.2 Å². The van der Waals surface area contributed by atoms with Crippen LogP contribution in [0.5, 0.6) is 0 Å². The second-order valence-electron chi connectivity index (χ2n) is 8.21. The smallest absolute Gasteiger partial charge is 0.212 e. The van der Waals surface area contributed by atoms with Crippen molar-refractivity contribution in [2.24, 2.45) is 11.1 Å². The van der Waals surface area contributed by atoms with Gasteiger partial charge < -0.3 is 15.4 Å². The fourth-order valence-electron chi connectivity index (χ4n) is 4.64. The van der Waals surface area contributed by atoms with Crippen LogP contribution in [-0.4, -0.2) is 47.7 Å². The zero-order valence-corrected chi connectivity index (χ0v) is 18.6. The first-order chi connectivity index (χ1) is 14.3. The summed E-state index contributed by atoms with van der Waals surface area (Å²) in [4.78, 5) is 6.90. The lowest BCUT2D eigenvalue weighted by Crippen LogP contribution is -2.51. The zero-order valence-electron chi connectivity index (χ0n) is 17.1. The molecule has 0 aliphatic carbocycles. The van der Waals surface area contributed by atoms with E-state index in [1.165, 1.54) is 4.57 Å². The first kappa shape index (κ1) is 21.3. The molecule has 0 bridgehead atoms. The third-order valence-corrected chi connectivity index (χ3v) is 7.38. The van der Waals surface area contributed by atoms with E-state index in [0.29, 0.717) is 39.4 Å². The number of nitrogens with zero attached hydrogens (tertiary/aromatic N) is 3. The van der Waals surface area contributed by atoms with Gasteiger partial charge in [-0.2, -0.15) is 0 Å². The maximum atomic E-state index is 8.77. The van der Waals surface area contributed by atoms with Gasteiger partial charge in [-0.25, -0.2) is 4.98 Å². The van der Waals surface area contributed by atoms with Crippen LogP contribution in [0.1, 0.15) is 25.5 Å². The maximum absolute atomic E-state index is 8.77. The molecule has 9 heteroatoms. The van der Waals surface area contributed by atoms with Gasteiger partial charge in [-0.1, -0.05) is 35.3 Å². The molecule has 2 aliphatic heterocycles. The predicted molar refractivity (Wildman–Crippen MR) is 120 cm³/mol. The molecule has 0 radical (unpaired) electrons. The highest BCUT2D eigenvalue weighted by molar-refractivity contribution is 6.43. The molecule has 2 atom stereocenters. The lowest BCUT2D eigenvalue weighted by atomic mass is 9.73. The summed E-state index contributed by atoms with van der Waals surface area (Å²) in [6, 6.07) is 5.35. The largest absolute Gasteiger partial charge is 0.376 e. The fourth-order valence-corrected chi connectivity index (χ4v) is 5.04. The lowest BCUT2D eigenvalue weighted by molar-refractivity contribution is 0.0973. The van der Waals surface area contributed by atoms with Crippen molar-refractivity contribution < 1.29 is 4.74 Å². The Labute approximate surface area is 185 Å². The van der Waals surface area contributed by atoms with E-state index in [1.54, 1.807) is 12.1 Å². The van der Waals surface area contributed by atoms with Crippen LogP contribution < -0.4 is 16.1 Å². The van der Waals surface area contributed by atoms with E-state index in [0.717, 1.165) is 32.3 Å². The van der Waals surface area contributed by atoms with Crippen molar-refractivity contribution in [2.45, 2.75) is 38.8 Å². The number of rotatable bonds is 3. The monoisotopic (exact) mass is 448 g/mol. The highest BCUT2D eigenvalue weighted by atomic mass is 35.5. The molecule has 1 aromatic carbocycles. The van der Waals surface area contributed by atoms with Crippen molar-refractivity contribution in [1.82, 2.24) is 9.55 Å². The molecule has 2 aromatic rings. The van der Waals surface area contributed by atoms with E-state index in [2.05, 4.69) is 4.90 Å². The van der Waals surface area contributed by atoms with Crippen molar-refractivity contribution in [2.75, 3.05) is 24.6 Å². The molecule has 4 rings (SSSR count). The van der Waals surface area contributed by atoms with Gasteiger partial charge in [0.1, 0.15) is 5.49 Å². The van der Waals surface area contributed by atoms with Crippen LogP contribution in [0.4, 0.5) is 5.95 Å². The zero-order chi connectivity index (χ0) is 21.6. The normalized spacial score (nSPS) is 23.2. The summed E-state index contributed by atoms with van der Waals surface area (Å²) in [6.45, 7) is 6.08. The number of halogens is 2. The van der Waals surface area contributed by atoms with E-state index in [4.69, 9.17) is 49.5 Å². The van der Waals surface area contributed by atoms with Crippen molar-refractivity contribution >= 4 is 35.5 Å². The minimum Gasteiger partial charge on any atom is -0.376 e. The van der Waals surface area contributed by atoms with E-state index in [-0.39, 0.29) is 23.0 Å². The Morgan fingerprint density at radius 3 is 2.60 bits per heavy atom. The number of anilines is 1. The number of aromatic nitrogens is 2. The van der Waals surface area contributed by atoms with Crippen LogP contribution in [0.15, 0.2) is 18.2 Å². The molecular formula is C21H26Cl2N6O. The maximum Gasteiger partial charge on any atom is 0.212 e. The summed E-state index contributed by atoms with van der Waals surface area (Å²) in [6.07, 6.45) is 2.99. The molecule has 0 amide bonds. The molecule has 160 valence electrons. The molecule has 7 nitrogen and oxygen atoms in total. The second-order valence-corrected chi connectivity index (χ2v) is 9.00. The number of hydrogen-bond acceptors (Lipinski definition) is 6. The molecule has 2 fully saturated rings. The van der Waals surface area contributed by atoms with E-state index < -0.39 is 0 Å². The summed E-state index contributed by atoms with van der Waals surface area (Å²) in [5, 5.41) is 17.5. The minimum atomic E-state index is -0.00147. The van der Waals surface area contributed by atoms with Crippen LogP contribution in [0, 0.1) is 23.2 Å². The molecular weight excluding hydrogens is 423 g/mol. The highest BCUT2D eigenvalue weighted by Gasteiger charge is 2.47. The summed E-state index contributed by atoms with van der Waals surface area (Å²) in [5.74, 6) is 0.588. The fraction of sp³-hybridized carbons (Fsp3) is 0.476. The molecule has 30 heavy (non-hydrogen) atoms. The Morgan fingerprint density at radius 2 is 2.00 bits per heavy atom. The van der Waals surface area contributed by atoms with Crippen LogP contribution in [0.25, 0.3) is 11.1 Å². The molecule has 1 aromatic heterocycles. The third kappa shape index (κ3) is 3.34. The molecule has 2 aliphatic rings.